The van der Waals surface area contributed by atoms with Crippen molar-refractivity contribution < 1.29 is 9.84 Å². The number of benzene rings is 6. The van der Waals surface area contributed by atoms with Crippen molar-refractivity contribution in [2.24, 2.45) is 0 Å². The van der Waals surface area contributed by atoms with Gasteiger partial charge in [-0.15, -0.1) is 0 Å². The van der Waals surface area contributed by atoms with Crippen molar-refractivity contribution >= 4 is 0 Å². The van der Waals surface area contributed by atoms with E-state index in [-0.39, 0.29) is 5.75 Å². The minimum absolute atomic E-state index is 0.260. The number of hydrogen-bond donors (Lipinski definition) is 1. The fourth-order valence-corrected chi connectivity index (χ4v) is 5.99. The summed E-state index contributed by atoms with van der Waals surface area (Å²) in [5.74, 6) is 1.84. The lowest BCUT2D eigenvalue weighted by atomic mass is 9.68. The van der Waals surface area contributed by atoms with Crippen LogP contribution in [0.1, 0.15) is 22.3 Å². The van der Waals surface area contributed by atoms with Crippen LogP contribution in [0.3, 0.4) is 0 Å². The predicted octanol–water partition coefficient (Wildman–Crippen LogP) is 9.21. The maximum absolute atomic E-state index is 10.1. The Labute approximate surface area is 228 Å². The molecule has 1 N–H and O–H groups in total. The molecule has 0 fully saturated rings. The summed E-state index contributed by atoms with van der Waals surface area (Å²) in [6.45, 7) is 0. The van der Waals surface area contributed by atoms with Crippen LogP contribution >= 0.6 is 0 Å². The number of rotatable bonds is 5. The van der Waals surface area contributed by atoms with Crippen LogP contribution in [-0.2, 0) is 5.41 Å². The molecule has 0 aliphatic heterocycles. The smallest absolute Gasteiger partial charge is 0.127 e. The predicted molar refractivity (Wildman–Crippen MR) is 157 cm³/mol. The Morgan fingerprint density at radius 2 is 0.846 bits per heavy atom. The molecule has 0 heterocycles. The van der Waals surface area contributed by atoms with Gasteiger partial charge in [-0.1, -0.05) is 115 Å². The van der Waals surface area contributed by atoms with E-state index >= 15 is 0 Å². The van der Waals surface area contributed by atoms with Crippen LogP contribution < -0.4 is 4.74 Å². The summed E-state index contributed by atoms with van der Waals surface area (Å²) in [7, 11) is 0. The Bertz CT molecular complexity index is 1710. The molecule has 0 aromatic heterocycles. The van der Waals surface area contributed by atoms with E-state index in [2.05, 4.69) is 84.9 Å². The molecular weight excluding hydrogens is 476 g/mol. The zero-order chi connectivity index (χ0) is 26.2. The van der Waals surface area contributed by atoms with Crippen LogP contribution in [0, 0.1) is 0 Å². The molecule has 0 spiro atoms. The Kier molecular flexibility index (Phi) is 5.53. The van der Waals surface area contributed by atoms with Gasteiger partial charge in [-0.25, -0.2) is 0 Å². The molecule has 39 heavy (non-hydrogen) atoms. The summed E-state index contributed by atoms with van der Waals surface area (Å²) >= 11 is 0. The third-order valence-electron chi connectivity index (χ3n) is 7.74. The lowest BCUT2D eigenvalue weighted by molar-refractivity contribution is 0.475. The molecule has 1 aliphatic rings. The molecule has 6 aromatic rings. The quantitative estimate of drug-likeness (QED) is 0.254. The van der Waals surface area contributed by atoms with Crippen LogP contribution in [0.4, 0.5) is 0 Å². The summed E-state index contributed by atoms with van der Waals surface area (Å²) in [4.78, 5) is 0. The monoisotopic (exact) mass is 502 g/mol. The van der Waals surface area contributed by atoms with Crippen molar-refractivity contribution in [3.05, 3.63) is 174 Å². The zero-order valence-electron chi connectivity index (χ0n) is 21.3. The first-order valence-electron chi connectivity index (χ1n) is 13.2. The Balaban J connectivity index is 1.29. The summed E-state index contributed by atoms with van der Waals surface area (Å²) in [6.07, 6.45) is 0. The first-order chi connectivity index (χ1) is 19.2. The van der Waals surface area contributed by atoms with Gasteiger partial charge < -0.3 is 9.84 Å². The van der Waals surface area contributed by atoms with E-state index in [1.54, 1.807) is 12.1 Å². The first kappa shape index (κ1) is 23.1. The van der Waals surface area contributed by atoms with Gasteiger partial charge in [0.1, 0.15) is 17.2 Å². The number of ether oxygens (including phenoxy) is 1. The van der Waals surface area contributed by atoms with Gasteiger partial charge in [-0.05, 0) is 80.9 Å². The molecule has 1 aliphatic carbocycles. The number of hydrogen-bond acceptors (Lipinski definition) is 2. The minimum atomic E-state index is -0.503. The van der Waals surface area contributed by atoms with E-state index in [0.29, 0.717) is 0 Å². The van der Waals surface area contributed by atoms with Gasteiger partial charge in [-0.3, -0.25) is 0 Å². The van der Waals surface area contributed by atoms with E-state index in [1.807, 2.05) is 54.6 Å². The Morgan fingerprint density at radius 3 is 1.41 bits per heavy atom. The maximum atomic E-state index is 10.1. The number of fused-ring (bicyclic) bond motifs is 3. The molecule has 0 saturated heterocycles. The van der Waals surface area contributed by atoms with Crippen LogP contribution in [0.5, 0.6) is 17.2 Å². The number of phenolic OH excluding ortho intramolecular Hbond substituents is 1. The van der Waals surface area contributed by atoms with Gasteiger partial charge in [0.15, 0.2) is 0 Å². The first-order valence-corrected chi connectivity index (χ1v) is 13.2. The van der Waals surface area contributed by atoms with E-state index < -0.39 is 5.41 Å². The van der Waals surface area contributed by atoms with Crippen LogP contribution in [-0.4, -0.2) is 5.11 Å². The topological polar surface area (TPSA) is 29.5 Å². The SMILES string of the molecule is Oc1ccc(C2(c3ccc(Oc4ccc(-c5ccccc5)cc4)cc3)c3ccccc3-c3ccccc32)cc1. The summed E-state index contributed by atoms with van der Waals surface area (Å²) in [6, 6.07) is 51.9. The molecule has 0 radical (unpaired) electrons. The average molecular weight is 503 g/mol. The summed E-state index contributed by atoms with van der Waals surface area (Å²) in [5.41, 5.74) is 9.05. The van der Waals surface area contributed by atoms with Crippen LogP contribution in [0.2, 0.25) is 0 Å². The summed E-state index contributed by atoms with van der Waals surface area (Å²) in [5, 5.41) is 10.1. The largest absolute Gasteiger partial charge is 0.508 e. The van der Waals surface area contributed by atoms with Crippen LogP contribution in [0.25, 0.3) is 22.3 Å². The molecule has 2 nitrogen and oxygen atoms in total. The van der Waals surface area contributed by atoms with Gasteiger partial charge in [0.25, 0.3) is 0 Å². The van der Waals surface area contributed by atoms with Crippen molar-refractivity contribution in [3.8, 4) is 39.5 Å². The van der Waals surface area contributed by atoms with Crippen molar-refractivity contribution in [2.45, 2.75) is 5.41 Å². The fraction of sp³-hybridized carbons (Fsp3) is 0.0270. The second-order valence-corrected chi connectivity index (χ2v) is 9.90. The van der Waals surface area contributed by atoms with Gasteiger partial charge in [-0.2, -0.15) is 0 Å². The molecule has 0 amide bonds. The fourth-order valence-electron chi connectivity index (χ4n) is 5.99. The highest BCUT2D eigenvalue weighted by molar-refractivity contribution is 5.86. The molecular formula is C37H26O2. The number of aromatic hydroxyl groups is 1. The third kappa shape index (κ3) is 3.81. The average Bonchev–Trinajstić information content (AvgIpc) is 3.30. The highest BCUT2D eigenvalue weighted by Gasteiger charge is 2.45. The minimum Gasteiger partial charge on any atom is -0.508 e. The molecule has 0 saturated carbocycles. The molecule has 7 rings (SSSR count). The van der Waals surface area contributed by atoms with Crippen molar-refractivity contribution in [1.82, 2.24) is 0 Å². The summed E-state index contributed by atoms with van der Waals surface area (Å²) < 4.78 is 6.25. The highest BCUT2D eigenvalue weighted by atomic mass is 16.5. The normalized spacial score (nSPS) is 12.9. The molecule has 0 bridgehead atoms. The van der Waals surface area contributed by atoms with Crippen molar-refractivity contribution in [3.63, 3.8) is 0 Å². The standard InChI is InChI=1S/C37H26O2/c38-30-20-16-28(17-21-30)37(35-12-6-4-10-33(35)34-11-5-7-13-36(34)37)29-18-24-32(25-19-29)39-31-22-14-27(15-23-31)26-8-2-1-3-9-26/h1-25,38H. The van der Waals surface area contributed by atoms with Gasteiger partial charge >= 0.3 is 0 Å². The van der Waals surface area contributed by atoms with E-state index in [9.17, 15) is 5.11 Å². The Morgan fingerprint density at radius 1 is 0.410 bits per heavy atom. The second kappa shape index (κ2) is 9.34. The van der Waals surface area contributed by atoms with E-state index in [4.69, 9.17) is 4.74 Å². The van der Waals surface area contributed by atoms with E-state index in [0.717, 1.165) is 28.2 Å². The lowest BCUT2D eigenvalue weighted by Gasteiger charge is -2.34. The zero-order valence-corrected chi connectivity index (χ0v) is 21.3. The molecule has 2 heteroatoms. The third-order valence-corrected chi connectivity index (χ3v) is 7.74. The molecule has 0 atom stereocenters. The van der Waals surface area contributed by atoms with Crippen molar-refractivity contribution in [2.75, 3.05) is 0 Å². The Hall–Kier alpha value is -5.08. The highest BCUT2D eigenvalue weighted by Crippen LogP contribution is 2.56. The number of phenols is 1. The molecule has 186 valence electrons. The lowest BCUT2D eigenvalue weighted by Crippen LogP contribution is -2.28. The second-order valence-electron chi connectivity index (χ2n) is 9.90. The van der Waals surface area contributed by atoms with Gasteiger partial charge in [0, 0.05) is 0 Å². The van der Waals surface area contributed by atoms with Crippen LogP contribution in [0.15, 0.2) is 152 Å². The van der Waals surface area contributed by atoms with Crippen molar-refractivity contribution in [1.29, 1.82) is 0 Å². The molecule has 6 aromatic carbocycles. The van der Waals surface area contributed by atoms with Gasteiger partial charge in [0.05, 0.1) is 5.41 Å². The van der Waals surface area contributed by atoms with E-state index in [1.165, 1.54) is 27.8 Å². The molecule has 0 unspecified atom stereocenters. The maximum Gasteiger partial charge on any atom is 0.127 e. The van der Waals surface area contributed by atoms with Gasteiger partial charge in [0.2, 0.25) is 0 Å².